The van der Waals surface area contributed by atoms with Gasteiger partial charge in [0, 0.05) is 17.3 Å². The van der Waals surface area contributed by atoms with Crippen LogP contribution in [-0.2, 0) is 0 Å². The second-order valence-corrected chi connectivity index (χ2v) is 4.48. The van der Waals surface area contributed by atoms with Gasteiger partial charge in [-0.05, 0) is 24.3 Å². The maximum Gasteiger partial charge on any atom is 1.00 e. The predicted octanol–water partition coefficient (Wildman–Crippen LogP) is 0.210. The van der Waals surface area contributed by atoms with Gasteiger partial charge in [-0.2, -0.15) is 0 Å². The van der Waals surface area contributed by atoms with Crippen LogP contribution in [0.15, 0.2) is 60.8 Å². The molecule has 1 heterocycles. The van der Waals surface area contributed by atoms with E-state index in [2.05, 4.69) is 10.3 Å². The third-order valence-electron chi connectivity index (χ3n) is 3.18. The molecule has 2 N–H and O–H groups in total. The van der Waals surface area contributed by atoms with E-state index in [-0.39, 0.29) is 29.6 Å². The van der Waals surface area contributed by atoms with Gasteiger partial charge in [-0.1, -0.05) is 30.3 Å². The van der Waals surface area contributed by atoms with Crippen LogP contribution in [0.4, 0.5) is 11.4 Å². The van der Waals surface area contributed by atoms with Gasteiger partial charge in [-0.15, -0.1) is 0 Å². The number of anilines is 2. The van der Waals surface area contributed by atoms with Gasteiger partial charge >= 0.3 is 29.6 Å². The molecule has 0 fully saturated rings. The molecule has 22 heavy (non-hydrogen) atoms. The summed E-state index contributed by atoms with van der Waals surface area (Å²) in [6.07, 6.45) is 1.70. The molecule has 2 aromatic carbocycles. The van der Waals surface area contributed by atoms with Crippen LogP contribution in [0.25, 0.3) is 10.9 Å². The average molecular weight is 301 g/mol. The minimum Gasteiger partial charge on any atom is -0.759 e. The molecule has 0 radical (unpaired) electrons. The summed E-state index contributed by atoms with van der Waals surface area (Å²) >= 11 is 0. The standard InChI is InChI=1S/C16H12N3O2.Na/c20-16(19-21)12-6-2-4-8-14(12)18-15-9-10-17-13-7-3-1-5-11(13)15;/h1-10H,(H2-,17,18,19,20,21);/q-1;+1. The van der Waals surface area contributed by atoms with Crippen molar-refractivity contribution in [2.45, 2.75) is 0 Å². The Labute approximate surface area is 149 Å². The molecule has 0 saturated carbocycles. The first-order chi connectivity index (χ1) is 10.3. The Morgan fingerprint density at radius 3 is 2.50 bits per heavy atom. The van der Waals surface area contributed by atoms with Gasteiger partial charge in [0.25, 0.3) is 0 Å². The van der Waals surface area contributed by atoms with Crippen LogP contribution >= 0.6 is 0 Å². The van der Waals surface area contributed by atoms with Crippen molar-refractivity contribution in [3.05, 3.63) is 71.6 Å². The molecule has 0 atom stereocenters. The minimum atomic E-state index is -0.670. The van der Waals surface area contributed by atoms with Gasteiger partial charge in [0.1, 0.15) is 0 Å². The first-order valence-corrected chi connectivity index (χ1v) is 6.42. The summed E-state index contributed by atoms with van der Waals surface area (Å²) in [4.78, 5) is 15.9. The largest absolute Gasteiger partial charge is 1.00 e. The molecule has 0 aliphatic rings. The smallest absolute Gasteiger partial charge is 0.759 e. The van der Waals surface area contributed by atoms with Crippen LogP contribution in [-0.4, -0.2) is 10.9 Å². The number of amides is 1. The topological polar surface area (TPSA) is 77.1 Å². The van der Waals surface area contributed by atoms with Gasteiger partial charge in [-0.3, -0.25) is 9.78 Å². The number of pyridine rings is 1. The first-order valence-electron chi connectivity index (χ1n) is 6.42. The fourth-order valence-electron chi connectivity index (χ4n) is 2.20. The number of para-hydroxylation sites is 2. The molecule has 0 unspecified atom stereocenters. The van der Waals surface area contributed by atoms with E-state index in [1.165, 1.54) is 5.48 Å². The number of hydrogen-bond donors (Lipinski definition) is 2. The summed E-state index contributed by atoms with van der Waals surface area (Å²) in [7, 11) is 0. The normalized spacial score (nSPS) is 9.86. The van der Waals surface area contributed by atoms with E-state index in [4.69, 9.17) is 0 Å². The van der Waals surface area contributed by atoms with Gasteiger partial charge < -0.3 is 16.0 Å². The minimum absolute atomic E-state index is 0. The van der Waals surface area contributed by atoms with Crippen molar-refractivity contribution in [3.8, 4) is 0 Å². The van der Waals surface area contributed by atoms with Crippen molar-refractivity contribution >= 4 is 28.2 Å². The van der Waals surface area contributed by atoms with Crippen molar-refractivity contribution in [1.82, 2.24) is 10.5 Å². The van der Waals surface area contributed by atoms with Gasteiger partial charge in [0.05, 0.1) is 16.8 Å². The Morgan fingerprint density at radius 1 is 0.955 bits per heavy atom. The number of rotatable bonds is 3. The zero-order valence-corrected chi connectivity index (χ0v) is 14.0. The summed E-state index contributed by atoms with van der Waals surface area (Å²) in [5.41, 5.74) is 3.95. The Bertz CT molecular complexity index is 803. The van der Waals surface area contributed by atoms with Crippen molar-refractivity contribution in [2.75, 3.05) is 5.32 Å². The van der Waals surface area contributed by atoms with Crippen LogP contribution in [0, 0.1) is 5.21 Å². The Morgan fingerprint density at radius 2 is 1.68 bits per heavy atom. The number of benzene rings is 2. The third-order valence-corrected chi connectivity index (χ3v) is 3.18. The molecule has 3 rings (SSSR count). The van der Waals surface area contributed by atoms with E-state index in [1.807, 2.05) is 30.3 Å². The fraction of sp³-hybridized carbons (Fsp3) is 0. The first kappa shape index (κ1) is 16.5. The molecule has 0 saturated heterocycles. The number of nitrogens with zero attached hydrogens (tertiary/aromatic N) is 1. The fourth-order valence-corrected chi connectivity index (χ4v) is 2.20. The van der Waals surface area contributed by atoms with E-state index in [9.17, 15) is 10.0 Å². The molecule has 0 spiro atoms. The molecule has 0 bridgehead atoms. The number of aromatic nitrogens is 1. The van der Waals surface area contributed by atoms with Crippen molar-refractivity contribution in [2.24, 2.45) is 0 Å². The molecule has 5 nitrogen and oxygen atoms in total. The van der Waals surface area contributed by atoms with Crippen LogP contribution in [0.2, 0.25) is 0 Å². The summed E-state index contributed by atoms with van der Waals surface area (Å²) in [5.74, 6) is -0.670. The van der Waals surface area contributed by atoms with Crippen LogP contribution in [0.1, 0.15) is 10.4 Å². The Balaban J connectivity index is 0.00000176. The van der Waals surface area contributed by atoms with Crippen molar-refractivity contribution < 1.29 is 34.4 Å². The second-order valence-electron chi connectivity index (χ2n) is 4.48. The molecule has 0 aliphatic heterocycles. The SMILES string of the molecule is O=C(N[O-])c1ccccc1Nc1ccnc2ccccc12.[Na+]. The molecular formula is C16H12N3NaO2. The number of hydrogen-bond acceptors (Lipinski definition) is 4. The quantitative estimate of drug-likeness (QED) is 0.535. The number of carbonyl (C=O) groups excluding carboxylic acids is 1. The molecule has 3 aromatic rings. The maximum absolute atomic E-state index is 11.6. The third kappa shape index (κ3) is 3.28. The zero-order valence-electron chi connectivity index (χ0n) is 12.0. The van der Waals surface area contributed by atoms with E-state index < -0.39 is 5.91 Å². The van der Waals surface area contributed by atoms with E-state index in [0.29, 0.717) is 11.3 Å². The Hall–Kier alpha value is -1.92. The van der Waals surface area contributed by atoms with Gasteiger partial charge in [0.2, 0.25) is 5.91 Å². The molecule has 0 aliphatic carbocycles. The van der Waals surface area contributed by atoms with E-state index in [1.54, 1.807) is 30.5 Å². The van der Waals surface area contributed by atoms with Crippen molar-refractivity contribution in [3.63, 3.8) is 0 Å². The zero-order chi connectivity index (χ0) is 14.7. The summed E-state index contributed by atoms with van der Waals surface area (Å²) in [5, 5.41) is 14.7. The number of nitrogens with one attached hydrogen (secondary N) is 2. The Kier molecular flexibility index (Phi) is 5.51. The molecular weight excluding hydrogens is 289 g/mol. The van der Waals surface area contributed by atoms with Crippen LogP contribution in [0.3, 0.4) is 0 Å². The molecule has 104 valence electrons. The monoisotopic (exact) mass is 301 g/mol. The van der Waals surface area contributed by atoms with Gasteiger partial charge in [0.15, 0.2) is 0 Å². The maximum atomic E-state index is 11.6. The predicted molar refractivity (Wildman–Crippen MR) is 82.3 cm³/mol. The van der Waals surface area contributed by atoms with Gasteiger partial charge in [-0.25, -0.2) is 0 Å². The number of hydroxylamine groups is 1. The second kappa shape index (κ2) is 7.38. The van der Waals surface area contributed by atoms with Crippen molar-refractivity contribution in [1.29, 1.82) is 0 Å². The number of carbonyl (C=O) groups is 1. The molecule has 1 amide bonds. The molecule has 1 aromatic heterocycles. The summed E-state index contributed by atoms with van der Waals surface area (Å²) < 4.78 is 0. The average Bonchev–Trinajstić information content (AvgIpc) is 2.55. The van der Waals surface area contributed by atoms with E-state index in [0.717, 1.165) is 16.6 Å². The molecule has 6 heteroatoms. The summed E-state index contributed by atoms with van der Waals surface area (Å²) in [6.45, 7) is 0. The van der Waals surface area contributed by atoms with Crippen LogP contribution < -0.4 is 40.4 Å². The van der Waals surface area contributed by atoms with Crippen LogP contribution in [0.5, 0.6) is 0 Å². The van der Waals surface area contributed by atoms with E-state index >= 15 is 0 Å². The number of fused-ring (bicyclic) bond motifs is 1. The summed E-state index contributed by atoms with van der Waals surface area (Å²) in [6, 6.07) is 16.4.